The Balaban J connectivity index is 3.55. The van der Waals surface area contributed by atoms with Gasteiger partial charge in [0.15, 0.2) is 0 Å². The van der Waals surface area contributed by atoms with Crippen molar-refractivity contribution in [1.29, 1.82) is 0 Å². The van der Waals surface area contributed by atoms with Crippen LogP contribution in [0.2, 0.25) is 0 Å². The summed E-state index contributed by atoms with van der Waals surface area (Å²) in [4.78, 5) is 0. The largest absolute Gasteiger partial charge is 0.316 e. The van der Waals surface area contributed by atoms with Crippen LogP contribution in [0.3, 0.4) is 0 Å². The highest BCUT2D eigenvalue weighted by Crippen LogP contribution is 2.28. The lowest BCUT2D eigenvalue weighted by atomic mass is 9.81. The normalized spacial score (nSPS) is 12.9. The molecule has 14 heavy (non-hydrogen) atoms. The van der Waals surface area contributed by atoms with Crippen LogP contribution >= 0.6 is 0 Å². The molecular formula is C13H29N. The van der Waals surface area contributed by atoms with Crippen molar-refractivity contribution in [2.75, 3.05) is 13.1 Å². The highest BCUT2D eigenvalue weighted by molar-refractivity contribution is 4.71. The van der Waals surface area contributed by atoms with Gasteiger partial charge in [0.25, 0.3) is 0 Å². The van der Waals surface area contributed by atoms with Gasteiger partial charge in [-0.1, -0.05) is 41.5 Å². The third-order valence-electron chi connectivity index (χ3n) is 2.49. The number of hydrogen-bond acceptors (Lipinski definition) is 1. The fraction of sp³-hybridized carbons (Fsp3) is 1.00. The summed E-state index contributed by atoms with van der Waals surface area (Å²) in [5.41, 5.74) is 0.498. The smallest absolute Gasteiger partial charge is 0.00258 e. The zero-order chi connectivity index (χ0) is 11.2. The Morgan fingerprint density at radius 1 is 1.00 bits per heavy atom. The molecule has 0 spiro atoms. The van der Waals surface area contributed by atoms with Crippen molar-refractivity contribution in [3.05, 3.63) is 0 Å². The number of rotatable bonds is 7. The first-order valence-corrected chi connectivity index (χ1v) is 6.04. The lowest BCUT2D eigenvalue weighted by molar-refractivity contribution is 0.261. The van der Waals surface area contributed by atoms with E-state index in [1.807, 2.05) is 0 Å². The van der Waals surface area contributed by atoms with E-state index in [1.54, 1.807) is 0 Å². The highest BCUT2D eigenvalue weighted by Gasteiger charge is 2.18. The van der Waals surface area contributed by atoms with Gasteiger partial charge in [0.1, 0.15) is 0 Å². The fourth-order valence-corrected chi connectivity index (χ4v) is 2.02. The van der Waals surface area contributed by atoms with Crippen molar-refractivity contribution in [3.8, 4) is 0 Å². The molecule has 0 saturated carbocycles. The average molecular weight is 199 g/mol. The molecule has 0 bridgehead atoms. The second kappa shape index (κ2) is 6.44. The predicted octanol–water partition coefficient (Wildman–Crippen LogP) is 3.69. The maximum Gasteiger partial charge on any atom is -0.00258 e. The van der Waals surface area contributed by atoms with Crippen molar-refractivity contribution >= 4 is 0 Å². The van der Waals surface area contributed by atoms with Gasteiger partial charge in [-0.2, -0.15) is 0 Å². The van der Waals surface area contributed by atoms with E-state index < -0.39 is 0 Å². The molecule has 0 unspecified atom stereocenters. The van der Waals surface area contributed by atoms with Gasteiger partial charge in [-0.25, -0.2) is 0 Å². The minimum absolute atomic E-state index is 0.498. The fourth-order valence-electron chi connectivity index (χ4n) is 2.02. The van der Waals surface area contributed by atoms with Crippen LogP contribution in [0, 0.1) is 17.3 Å². The molecule has 0 atom stereocenters. The zero-order valence-corrected chi connectivity index (χ0v) is 11.0. The van der Waals surface area contributed by atoms with Crippen LogP contribution in [0.4, 0.5) is 0 Å². The zero-order valence-electron chi connectivity index (χ0n) is 11.0. The SMILES string of the molecule is CC(C)CNCCC(C)(C)CC(C)C. The van der Waals surface area contributed by atoms with Crippen LogP contribution in [0.25, 0.3) is 0 Å². The summed E-state index contributed by atoms with van der Waals surface area (Å²) < 4.78 is 0. The molecule has 0 radical (unpaired) electrons. The van der Waals surface area contributed by atoms with Gasteiger partial charge >= 0.3 is 0 Å². The van der Waals surface area contributed by atoms with Crippen LogP contribution in [0.1, 0.15) is 54.4 Å². The monoisotopic (exact) mass is 199 g/mol. The van der Waals surface area contributed by atoms with Gasteiger partial charge in [-0.15, -0.1) is 0 Å². The van der Waals surface area contributed by atoms with Crippen LogP contribution in [-0.2, 0) is 0 Å². The Kier molecular flexibility index (Phi) is 6.43. The van der Waals surface area contributed by atoms with E-state index in [1.165, 1.54) is 12.8 Å². The minimum atomic E-state index is 0.498. The summed E-state index contributed by atoms with van der Waals surface area (Å²) in [6.07, 6.45) is 2.62. The van der Waals surface area contributed by atoms with Crippen LogP contribution in [-0.4, -0.2) is 13.1 Å². The Labute approximate surface area is 90.7 Å². The van der Waals surface area contributed by atoms with E-state index in [2.05, 4.69) is 46.9 Å². The standard InChI is InChI=1S/C13H29N/c1-11(2)9-13(5,6)7-8-14-10-12(3)4/h11-12,14H,7-10H2,1-6H3. The molecule has 0 aromatic rings. The molecule has 0 aromatic carbocycles. The summed E-state index contributed by atoms with van der Waals surface area (Å²) in [6.45, 7) is 16.2. The predicted molar refractivity (Wildman–Crippen MR) is 65.6 cm³/mol. The Morgan fingerprint density at radius 2 is 1.57 bits per heavy atom. The van der Waals surface area contributed by atoms with Crippen molar-refractivity contribution in [1.82, 2.24) is 5.32 Å². The van der Waals surface area contributed by atoms with E-state index in [-0.39, 0.29) is 0 Å². The average Bonchev–Trinajstić information content (AvgIpc) is 1.95. The summed E-state index contributed by atoms with van der Waals surface area (Å²) in [7, 11) is 0. The third kappa shape index (κ3) is 8.55. The molecule has 0 heterocycles. The molecule has 0 aromatic heterocycles. The number of hydrogen-bond donors (Lipinski definition) is 1. The van der Waals surface area contributed by atoms with Gasteiger partial charge in [0.05, 0.1) is 0 Å². The first-order valence-electron chi connectivity index (χ1n) is 6.04. The minimum Gasteiger partial charge on any atom is -0.316 e. The van der Waals surface area contributed by atoms with E-state index >= 15 is 0 Å². The maximum absolute atomic E-state index is 3.51. The highest BCUT2D eigenvalue weighted by atomic mass is 14.8. The van der Waals surface area contributed by atoms with E-state index in [0.29, 0.717) is 5.41 Å². The summed E-state index contributed by atoms with van der Waals surface area (Å²) in [5, 5.41) is 3.51. The molecule has 1 nitrogen and oxygen atoms in total. The molecule has 0 aliphatic rings. The molecule has 0 rings (SSSR count). The quantitative estimate of drug-likeness (QED) is 0.617. The van der Waals surface area contributed by atoms with Gasteiger partial charge in [-0.05, 0) is 43.2 Å². The van der Waals surface area contributed by atoms with Gasteiger partial charge in [0.2, 0.25) is 0 Å². The number of nitrogens with one attached hydrogen (secondary N) is 1. The van der Waals surface area contributed by atoms with Crippen LogP contribution in [0.5, 0.6) is 0 Å². The summed E-state index contributed by atoms with van der Waals surface area (Å²) in [5.74, 6) is 1.58. The second-order valence-corrected chi connectivity index (χ2v) is 6.11. The molecule has 0 saturated heterocycles. The topological polar surface area (TPSA) is 12.0 Å². The maximum atomic E-state index is 3.51. The molecule has 0 aliphatic carbocycles. The lowest BCUT2D eigenvalue weighted by Crippen LogP contribution is -2.26. The lowest BCUT2D eigenvalue weighted by Gasteiger charge is -2.27. The molecule has 0 aliphatic heterocycles. The van der Waals surface area contributed by atoms with E-state index in [0.717, 1.165) is 24.9 Å². The van der Waals surface area contributed by atoms with E-state index in [9.17, 15) is 0 Å². The van der Waals surface area contributed by atoms with Crippen molar-refractivity contribution < 1.29 is 0 Å². The van der Waals surface area contributed by atoms with Crippen molar-refractivity contribution in [2.24, 2.45) is 17.3 Å². The first kappa shape index (κ1) is 14.0. The Hall–Kier alpha value is -0.0400. The third-order valence-corrected chi connectivity index (χ3v) is 2.49. The molecule has 1 heteroatoms. The Bertz CT molecular complexity index is 136. The molecule has 1 N–H and O–H groups in total. The second-order valence-electron chi connectivity index (χ2n) is 6.11. The van der Waals surface area contributed by atoms with Crippen molar-refractivity contribution in [2.45, 2.75) is 54.4 Å². The molecule has 0 amide bonds. The molecular weight excluding hydrogens is 170 g/mol. The van der Waals surface area contributed by atoms with Gasteiger partial charge in [-0.3, -0.25) is 0 Å². The first-order chi connectivity index (χ1) is 6.33. The summed E-state index contributed by atoms with van der Waals surface area (Å²) in [6, 6.07) is 0. The van der Waals surface area contributed by atoms with E-state index in [4.69, 9.17) is 0 Å². The van der Waals surface area contributed by atoms with Gasteiger partial charge in [0, 0.05) is 0 Å². The summed E-state index contributed by atoms with van der Waals surface area (Å²) >= 11 is 0. The Morgan fingerprint density at radius 3 is 2.00 bits per heavy atom. The van der Waals surface area contributed by atoms with Gasteiger partial charge < -0.3 is 5.32 Å². The van der Waals surface area contributed by atoms with Crippen molar-refractivity contribution in [3.63, 3.8) is 0 Å². The van der Waals surface area contributed by atoms with Crippen LogP contribution < -0.4 is 5.32 Å². The molecule has 86 valence electrons. The van der Waals surface area contributed by atoms with Crippen LogP contribution in [0.15, 0.2) is 0 Å². The molecule has 0 fully saturated rings.